The average Bonchev–Trinajstić information content (AvgIpc) is 2.71. The second kappa shape index (κ2) is 9.75. The van der Waals surface area contributed by atoms with Crippen LogP contribution in [-0.4, -0.2) is 38.8 Å². The van der Waals surface area contributed by atoms with Crippen LogP contribution in [0.25, 0.3) is 0 Å². The predicted molar refractivity (Wildman–Crippen MR) is 120 cm³/mol. The Morgan fingerprint density at radius 3 is 2.57 bits per heavy atom. The third kappa shape index (κ3) is 5.59. The summed E-state index contributed by atoms with van der Waals surface area (Å²) in [5, 5.41) is 3.86. The number of nitrogens with zero attached hydrogens (tertiary/aromatic N) is 1. The molecule has 2 aromatic rings. The average molecular weight is 492 g/mol. The van der Waals surface area contributed by atoms with Gasteiger partial charge in [-0.3, -0.25) is 4.79 Å². The van der Waals surface area contributed by atoms with Gasteiger partial charge in [0, 0.05) is 18.8 Å². The molecule has 0 spiro atoms. The number of hydrogen-bond donors (Lipinski definition) is 1. The second-order valence-corrected chi connectivity index (χ2v) is 10.2. The zero-order valence-electron chi connectivity index (χ0n) is 16.2. The van der Waals surface area contributed by atoms with Gasteiger partial charge in [0.2, 0.25) is 15.9 Å². The summed E-state index contributed by atoms with van der Waals surface area (Å²) in [6, 6.07) is 9.69. The van der Waals surface area contributed by atoms with Crippen molar-refractivity contribution in [1.29, 1.82) is 0 Å². The quantitative estimate of drug-likeness (QED) is 0.627. The molecule has 0 bridgehead atoms. The number of sulfonamides is 1. The number of nitrogens with one attached hydrogen (secondary N) is 1. The van der Waals surface area contributed by atoms with E-state index >= 15 is 0 Å². The lowest BCUT2D eigenvalue weighted by Crippen LogP contribution is -2.44. The topological polar surface area (TPSA) is 75.7 Å². The number of carbonyl (C=O) groups is 1. The zero-order chi connectivity index (χ0) is 21.9. The maximum atomic E-state index is 12.9. The van der Waals surface area contributed by atoms with Gasteiger partial charge >= 0.3 is 0 Å². The molecule has 0 aromatic heterocycles. The lowest BCUT2D eigenvalue weighted by molar-refractivity contribution is -0.120. The normalized spacial score (nSPS) is 17.5. The molecular weight excluding hydrogens is 471 g/mol. The van der Waals surface area contributed by atoms with Gasteiger partial charge in [-0.2, -0.15) is 0 Å². The highest BCUT2D eigenvalue weighted by atomic mass is 35.5. The van der Waals surface area contributed by atoms with Crippen LogP contribution in [0.1, 0.15) is 18.4 Å². The van der Waals surface area contributed by atoms with Crippen molar-refractivity contribution in [3.63, 3.8) is 0 Å². The van der Waals surface area contributed by atoms with Crippen LogP contribution in [0.5, 0.6) is 5.75 Å². The number of piperidine rings is 1. The number of rotatable bonds is 6. The Bertz CT molecular complexity index is 1050. The van der Waals surface area contributed by atoms with Gasteiger partial charge < -0.3 is 10.1 Å². The predicted octanol–water partition coefficient (Wildman–Crippen LogP) is 4.84. The standard InChI is InChI=1S/C20H21Cl3N2O4S/c1-29-19-7-5-15(10-18(19)23)24-20(26)14-3-2-8-25(11-14)30(27,28)12-13-4-6-16(21)17(22)9-13/h4-7,9-10,14H,2-3,8,11-12H2,1H3,(H,24,26). The molecule has 1 aliphatic heterocycles. The summed E-state index contributed by atoms with van der Waals surface area (Å²) in [4.78, 5) is 12.7. The van der Waals surface area contributed by atoms with Crippen molar-refractivity contribution in [2.45, 2.75) is 18.6 Å². The summed E-state index contributed by atoms with van der Waals surface area (Å²) in [7, 11) is -2.10. The summed E-state index contributed by atoms with van der Waals surface area (Å²) in [6.07, 6.45) is 1.20. The zero-order valence-corrected chi connectivity index (χ0v) is 19.3. The van der Waals surface area contributed by atoms with Crippen LogP contribution in [0, 0.1) is 5.92 Å². The van der Waals surface area contributed by atoms with E-state index in [-0.39, 0.29) is 18.2 Å². The largest absolute Gasteiger partial charge is 0.495 e. The molecular formula is C20H21Cl3N2O4S. The molecule has 6 nitrogen and oxygen atoms in total. The van der Waals surface area contributed by atoms with Crippen LogP contribution in [0.2, 0.25) is 15.1 Å². The van der Waals surface area contributed by atoms with Gasteiger partial charge in [-0.1, -0.05) is 40.9 Å². The Kier molecular flexibility index (Phi) is 7.52. The highest BCUT2D eigenvalue weighted by molar-refractivity contribution is 7.88. The highest BCUT2D eigenvalue weighted by Crippen LogP contribution is 2.29. The van der Waals surface area contributed by atoms with Crippen molar-refractivity contribution in [3.8, 4) is 5.75 Å². The first kappa shape index (κ1) is 23.2. The number of ether oxygens (including phenoxy) is 1. The third-order valence-electron chi connectivity index (χ3n) is 4.90. The van der Waals surface area contributed by atoms with E-state index in [0.29, 0.717) is 51.5 Å². The molecule has 1 heterocycles. The molecule has 0 radical (unpaired) electrons. The molecule has 1 amide bonds. The van der Waals surface area contributed by atoms with Gasteiger partial charge in [0.05, 0.1) is 33.8 Å². The van der Waals surface area contributed by atoms with Gasteiger partial charge in [-0.15, -0.1) is 0 Å². The highest BCUT2D eigenvalue weighted by Gasteiger charge is 2.32. The second-order valence-electron chi connectivity index (χ2n) is 7.04. The minimum absolute atomic E-state index is 0.124. The van der Waals surface area contributed by atoms with Gasteiger partial charge in [-0.25, -0.2) is 12.7 Å². The van der Waals surface area contributed by atoms with Gasteiger partial charge in [0.15, 0.2) is 0 Å². The summed E-state index contributed by atoms with van der Waals surface area (Å²) in [6.45, 7) is 0.501. The van der Waals surface area contributed by atoms with E-state index < -0.39 is 15.9 Å². The fourth-order valence-corrected chi connectivity index (χ4v) is 5.50. The van der Waals surface area contributed by atoms with Crippen LogP contribution in [0.3, 0.4) is 0 Å². The smallest absolute Gasteiger partial charge is 0.228 e. The van der Waals surface area contributed by atoms with Crippen molar-refractivity contribution >= 4 is 56.4 Å². The van der Waals surface area contributed by atoms with E-state index in [9.17, 15) is 13.2 Å². The van der Waals surface area contributed by atoms with Crippen molar-refractivity contribution in [2.75, 3.05) is 25.5 Å². The van der Waals surface area contributed by atoms with E-state index in [2.05, 4.69) is 5.32 Å². The summed E-state index contributed by atoms with van der Waals surface area (Å²) < 4.78 is 32.2. The molecule has 1 N–H and O–H groups in total. The number of methoxy groups -OCH3 is 1. The lowest BCUT2D eigenvalue weighted by Gasteiger charge is -2.31. The Hall–Kier alpha value is -1.51. The fraction of sp³-hybridized carbons (Fsp3) is 0.350. The molecule has 3 rings (SSSR count). The van der Waals surface area contributed by atoms with Crippen LogP contribution in [0.4, 0.5) is 5.69 Å². The van der Waals surface area contributed by atoms with Crippen molar-refractivity contribution in [3.05, 3.63) is 57.0 Å². The molecule has 1 aliphatic rings. The van der Waals surface area contributed by atoms with Crippen LogP contribution < -0.4 is 10.1 Å². The number of amides is 1. The van der Waals surface area contributed by atoms with Crippen LogP contribution >= 0.6 is 34.8 Å². The summed E-state index contributed by atoms with van der Waals surface area (Å²) in [5.41, 5.74) is 1.07. The number of hydrogen-bond acceptors (Lipinski definition) is 4. The van der Waals surface area contributed by atoms with Gasteiger partial charge in [0.1, 0.15) is 5.75 Å². The lowest BCUT2D eigenvalue weighted by atomic mass is 9.98. The minimum atomic E-state index is -3.61. The number of halogens is 3. The molecule has 1 atom stereocenters. The van der Waals surface area contributed by atoms with E-state index in [0.717, 1.165) is 0 Å². The third-order valence-corrected chi connectivity index (χ3v) is 7.75. The van der Waals surface area contributed by atoms with Crippen LogP contribution in [-0.2, 0) is 20.6 Å². The monoisotopic (exact) mass is 490 g/mol. The van der Waals surface area contributed by atoms with Gasteiger partial charge in [0.25, 0.3) is 0 Å². The SMILES string of the molecule is COc1ccc(NC(=O)C2CCCN(S(=O)(=O)Cc3ccc(Cl)c(Cl)c3)C2)cc1Cl. The Morgan fingerprint density at radius 2 is 1.90 bits per heavy atom. The van der Waals surface area contributed by atoms with Crippen molar-refractivity contribution in [2.24, 2.45) is 5.92 Å². The summed E-state index contributed by atoms with van der Waals surface area (Å²) in [5.74, 6) is -0.396. The van der Waals surface area contributed by atoms with Crippen molar-refractivity contribution < 1.29 is 17.9 Å². The first-order chi connectivity index (χ1) is 14.2. The maximum Gasteiger partial charge on any atom is 0.228 e. The number of anilines is 1. The molecule has 0 saturated carbocycles. The molecule has 1 saturated heterocycles. The first-order valence-corrected chi connectivity index (χ1v) is 12.0. The molecule has 10 heteroatoms. The molecule has 1 fully saturated rings. The number of benzene rings is 2. The molecule has 2 aromatic carbocycles. The minimum Gasteiger partial charge on any atom is -0.495 e. The van der Waals surface area contributed by atoms with Crippen molar-refractivity contribution in [1.82, 2.24) is 4.31 Å². The maximum absolute atomic E-state index is 12.9. The van der Waals surface area contributed by atoms with E-state index in [1.54, 1.807) is 36.4 Å². The van der Waals surface area contributed by atoms with Gasteiger partial charge in [-0.05, 0) is 48.7 Å². The van der Waals surface area contributed by atoms with E-state index in [1.807, 2.05) is 0 Å². The first-order valence-electron chi connectivity index (χ1n) is 9.26. The Morgan fingerprint density at radius 1 is 1.13 bits per heavy atom. The van der Waals surface area contributed by atoms with E-state index in [4.69, 9.17) is 39.5 Å². The van der Waals surface area contributed by atoms with E-state index in [1.165, 1.54) is 11.4 Å². The fourth-order valence-electron chi connectivity index (χ4n) is 3.33. The Labute approximate surface area is 191 Å². The molecule has 1 unspecified atom stereocenters. The van der Waals surface area contributed by atoms with Crippen LogP contribution in [0.15, 0.2) is 36.4 Å². The molecule has 30 heavy (non-hydrogen) atoms. The Balaban J connectivity index is 1.67. The summed E-state index contributed by atoms with van der Waals surface area (Å²) >= 11 is 18.0. The molecule has 162 valence electrons. The number of carbonyl (C=O) groups excluding carboxylic acids is 1. The molecule has 0 aliphatic carbocycles.